The fraction of sp³-hybridized carbons (Fsp3) is 0.737. The van der Waals surface area contributed by atoms with Crippen LogP contribution in [0.4, 0.5) is 4.79 Å². The van der Waals surface area contributed by atoms with E-state index < -0.39 is 6.04 Å². The van der Waals surface area contributed by atoms with Gasteiger partial charge in [0.25, 0.3) is 0 Å². The Balaban J connectivity index is 1.66. The van der Waals surface area contributed by atoms with E-state index in [0.717, 1.165) is 25.9 Å². The lowest BCUT2D eigenvalue weighted by atomic mass is 9.85. The van der Waals surface area contributed by atoms with E-state index in [1.807, 2.05) is 25.0 Å². The molecule has 0 radical (unpaired) electrons. The molecule has 3 heterocycles. The summed E-state index contributed by atoms with van der Waals surface area (Å²) >= 11 is 0. The van der Waals surface area contributed by atoms with Crippen molar-refractivity contribution in [2.45, 2.75) is 38.3 Å². The number of nitrogens with zero attached hydrogens (tertiary/aromatic N) is 5. The Morgan fingerprint density at radius 1 is 1.33 bits per heavy atom. The second kappa shape index (κ2) is 8.29. The largest absolute Gasteiger partial charge is 0.344 e. The smallest absolute Gasteiger partial charge is 0.317 e. The molecule has 2 aliphatic rings. The number of carbonyl (C=O) groups is 2. The molecule has 8 nitrogen and oxygen atoms in total. The van der Waals surface area contributed by atoms with Crippen molar-refractivity contribution < 1.29 is 9.59 Å². The summed E-state index contributed by atoms with van der Waals surface area (Å²) in [5, 5.41) is 7.25. The average molecular weight is 377 g/mol. The van der Waals surface area contributed by atoms with Crippen LogP contribution in [-0.2, 0) is 11.8 Å². The number of likely N-dealkylation sites (N-methyl/N-ethyl adjacent to an activating group) is 1. The van der Waals surface area contributed by atoms with Crippen molar-refractivity contribution in [2.75, 3.05) is 40.3 Å². The first-order chi connectivity index (χ1) is 12.9. The van der Waals surface area contributed by atoms with Crippen molar-refractivity contribution in [3.8, 4) is 0 Å². The summed E-state index contributed by atoms with van der Waals surface area (Å²) in [5.41, 5.74) is 1.21. The molecule has 8 heteroatoms. The monoisotopic (exact) mass is 376 g/mol. The van der Waals surface area contributed by atoms with E-state index in [-0.39, 0.29) is 18.0 Å². The van der Waals surface area contributed by atoms with Gasteiger partial charge >= 0.3 is 6.03 Å². The van der Waals surface area contributed by atoms with E-state index >= 15 is 0 Å². The predicted octanol–water partition coefficient (Wildman–Crippen LogP) is 1.07. The van der Waals surface area contributed by atoms with Crippen LogP contribution < -0.4 is 5.32 Å². The van der Waals surface area contributed by atoms with Crippen molar-refractivity contribution in [3.63, 3.8) is 0 Å². The molecule has 0 spiro atoms. The van der Waals surface area contributed by atoms with Crippen LogP contribution in [0.25, 0.3) is 0 Å². The zero-order chi connectivity index (χ0) is 19.6. The van der Waals surface area contributed by atoms with Gasteiger partial charge in [0.2, 0.25) is 5.91 Å². The number of carbonyl (C=O) groups excluding carboxylic acids is 2. The van der Waals surface area contributed by atoms with Crippen LogP contribution in [0.15, 0.2) is 12.4 Å². The number of aryl methyl sites for hydroxylation is 1. The fourth-order valence-electron chi connectivity index (χ4n) is 4.42. The molecule has 1 aromatic rings. The molecule has 0 bridgehead atoms. The number of hydrogen-bond acceptors (Lipinski definition) is 4. The third-order valence-electron chi connectivity index (χ3n) is 5.91. The van der Waals surface area contributed by atoms with Crippen LogP contribution in [0, 0.1) is 5.92 Å². The summed E-state index contributed by atoms with van der Waals surface area (Å²) in [7, 11) is 5.54. The lowest BCUT2D eigenvalue weighted by Crippen LogP contribution is -2.49. The summed E-state index contributed by atoms with van der Waals surface area (Å²) in [6.07, 6.45) is 6.92. The van der Waals surface area contributed by atoms with Crippen LogP contribution in [0.3, 0.4) is 0 Å². The van der Waals surface area contributed by atoms with Crippen molar-refractivity contribution in [3.05, 3.63) is 18.0 Å². The van der Waals surface area contributed by atoms with Gasteiger partial charge in [0, 0.05) is 52.0 Å². The summed E-state index contributed by atoms with van der Waals surface area (Å²) in [6, 6.07) is -0.285. The van der Waals surface area contributed by atoms with Crippen molar-refractivity contribution >= 4 is 11.9 Å². The molecule has 0 aliphatic carbocycles. The van der Waals surface area contributed by atoms with Gasteiger partial charge in [0.05, 0.1) is 6.20 Å². The highest BCUT2D eigenvalue weighted by atomic mass is 16.2. The van der Waals surface area contributed by atoms with E-state index in [1.54, 1.807) is 16.8 Å². The molecule has 2 saturated heterocycles. The molecule has 3 atom stereocenters. The first-order valence-electron chi connectivity index (χ1n) is 9.90. The summed E-state index contributed by atoms with van der Waals surface area (Å²) < 4.78 is 1.84. The van der Waals surface area contributed by atoms with Gasteiger partial charge in [0.1, 0.15) is 6.04 Å². The van der Waals surface area contributed by atoms with Gasteiger partial charge in [-0.2, -0.15) is 5.10 Å². The van der Waals surface area contributed by atoms with Gasteiger partial charge in [-0.15, -0.1) is 0 Å². The van der Waals surface area contributed by atoms with Gasteiger partial charge in [-0.25, -0.2) is 4.79 Å². The molecule has 0 saturated carbocycles. The first-order valence-corrected chi connectivity index (χ1v) is 9.90. The highest BCUT2D eigenvalue weighted by molar-refractivity contribution is 5.88. The Bertz CT molecular complexity index is 675. The lowest BCUT2D eigenvalue weighted by molar-refractivity contribution is -0.128. The number of hydrogen-bond donors (Lipinski definition) is 1. The summed E-state index contributed by atoms with van der Waals surface area (Å²) in [6.45, 7) is 5.61. The van der Waals surface area contributed by atoms with E-state index in [2.05, 4.69) is 28.4 Å². The zero-order valence-electron chi connectivity index (χ0n) is 16.9. The molecule has 2 fully saturated rings. The third kappa shape index (κ3) is 4.26. The number of aromatic nitrogens is 2. The van der Waals surface area contributed by atoms with Gasteiger partial charge < -0.3 is 15.1 Å². The highest BCUT2D eigenvalue weighted by Gasteiger charge is 2.35. The minimum atomic E-state index is -0.391. The number of likely N-dealkylation sites (tertiary alicyclic amines) is 2. The maximum absolute atomic E-state index is 12.6. The highest BCUT2D eigenvalue weighted by Crippen LogP contribution is 2.36. The second-order valence-corrected chi connectivity index (χ2v) is 7.85. The quantitative estimate of drug-likeness (QED) is 0.834. The van der Waals surface area contributed by atoms with E-state index in [9.17, 15) is 9.59 Å². The predicted molar refractivity (Wildman–Crippen MR) is 103 cm³/mol. The number of urea groups is 1. The van der Waals surface area contributed by atoms with Crippen molar-refractivity contribution in [1.82, 2.24) is 29.8 Å². The zero-order valence-corrected chi connectivity index (χ0v) is 16.9. The number of rotatable bonds is 5. The molecule has 27 heavy (non-hydrogen) atoms. The minimum Gasteiger partial charge on any atom is -0.344 e. The van der Waals surface area contributed by atoms with Crippen LogP contribution in [0.2, 0.25) is 0 Å². The topological polar surface area (TPSA) is 73.7 Å². The Morgan fingerprint density at radius 3 is 2.70 bits per heavy atom. The molecule has 3 amide bonds. The first kappa shape index (κ1) is 19.7. The fourth-order valence-corrected chi connectivity index (χ4v) is 4.42. The molecule has 3 rings (SSSR count). The Labute approximate surface area is 161 Å². The van der Waals surface area contributed by atoms with Gasteiger partial charge in [-0.05, 0) is 38.3 Å². The van der Waals surface area contributed by atoms with Crippen LogP contribution >= 0.6 is 0 Å². The molecular weight excluding hydrogens is 344 g/mol. The SMILES string of the molecule is CCN1CCC[C@@H](CN(C)C(=O)NC2CCN(C)C2=O)[C@@H]1c1cnn(C)c1. The normalized spacial score (nSPS) is 26.4. The minimum absolute atomic E-state index is 0.000175. The molecule has 1 aromatic heterocycles. The average Bonchev–Trinajstić information content (AvgIpc) is 3.21. The second-order valence-electron chi connectivity index (χ2n) is 7.85. The molecular formula is C19H32N6O2. The Morgan fingerprint density at radius 2 is 2.11 bits per heavy atom. The molecule has 150 valence electrons. The van der Waals surface area contributed by atoms with Crippen LogP contribution in [0.5, 0.6) is 0 Å². The van der Waals surface area contributed by atoms with Gasteiger partial charge in [-0.1, -0.05) is 6.92 Å². The van der Waals surface area contributed by atoms with Crippen LogP contribution in [-0.4, -0.2) is 82.7 Å². The summed E-state index contributed by atoms with van der Waals surface area (Å²) in [4.78, 5) is 30.6. The van der Waals surface area contributed by atoms with Crippen LogP contribution in [0.1, 0.15) is 37.8 Å². The number of amides is 3. The third-order valence-corrected chi connectivity index (χ3v) is 5.91. The van der Waals surface area contributed by atoms with E-state index in [0.29, 0.717) is 25.4 Å². The maximum atomic E-state index is 12.6. The standard InChI is InChI=1S/C19H32N6O2/c1-5-25-9-6-7-14(17(25)15-11-20-24(4)13-15)12-23(3)19(27)21-16-8-10-22(2)18(16)26/h11,13-14,16-17H,5-10,12H2,1-4H3,(H,21,27)/t14-,16?,17+/m0/s1. The maximum Gasteiger partial charge on any atom is 0.317 e. The van der Waals surface area contributed by atoms with Gasteiger partial charge in [0.15, 0.2) is 0 Å². The summed E-state index contributed by atoms with van der Waals surface area (Å²) in [5.74, 6) is 0.348. The molecule has 1 unspecified atom stereocenters. The molecule has 0 aromatic carbocycles. The van der Waals surface area contributed by atoms with Crippen molar-refractivity contribution in [2.24, 2.45) is 13.0 Å². The number of piperidine rings is 1. The molecule has 2 aliphatic heterocycles. The Kier molecular flexibility index (Phi) is 6.04. The molecule has 1 N–H and O–H groups in total. The van der Waals surface area contributed by atoms with E-state index in [4.69, 9.17) is 0 Å². The lowest BCUT2D eigenvalue weighted by Gasteiger charge is -2.42. The number of nitrogens with one attached hydrogen (secondary N) is 1. The van der Waals surface area contributed by atoms with Crippen molar-refractivity contribution in [1.29, 1.82) is 0 Å². The van der Waals surface area contributed by atoms with Gasteiger partial charge in [-0.3, -0.25) is 14.4 Å². The van der Waals surface area contributed by atoms with E-state index in [1.165, 1.54) is 5.56 Å². The Hall–Kier alpha value is -2.09.